The van der Waals surface area contributed by atoms with Gasteiger partial charge in [0.1, 0.15) is 30.4 Å². The number of hydrogen-bond donors (Lipinski definition) is 1. The van der Waals surface area contributed by atoms with Gasteiger partial charge in [-0.05, 0) is 62.1 Å². The molecule has 1 aromatic heterocycles. The van der Waals surface area contributed by atoms with E-state index in [-0.39, 0.29) is 24.0 Å². The number of aldehydes is 1. The Kier molecular flexibility index (Phi) is 15.4. The molecule has 2 aliphatic rings. The lowest BCUT2D eigenvalue weighted by Gasteiger charge is -2.30. The molecule has 10 heteroatoms. The number of benzene rings is 1. The van der Waals surface area contributed by atoms with Crippen LogP contribution in [0.3, 0.4) is 0 Å². The fourth-order valence-electron chi connectivity index (χ4n) is 4.06. The van der Waals surface area contributed by atoms with E-state index in [9.17, 15) is 18.0 Å². The number of amidine groups is 1. The van der Waals surface area contributed by atoms with E-state index in [0.29, 0.717) is 35.9 Å². The number of rotatable bonds is 7. The van der Waals surface area contributed by atoms with Crippen LogP contribution >= 0.6 is 0 Å². The number of carbonyl (C=O) groups excluding carboxylic acids is 1. The Morgan fingerprint density at radius 3 is 2.60 bits per heavy atom. The first-order chi connectivity index (χ1) is 20.8. The first-order valence-electron chi connectivity index (χ1n) is 14.5. The molecule has 0 spiro atoms. The number of hydrogen-bond acceptors (Lipinski definition) is 7. The molecule has 1 fully saturated rings. The number of nitrogens with zero attached hydrogens (tertiary/aromatic N) is 5. The van der Waals surface area contributed by atoms with Crippen molar-refractivity contribution in [2.24, 2.45) is 15.9 Å². The third kappa shape index (κ3) is 11.8. The number of piperidine rings is 1. The van der Waals surface area contributed by atoms with Gasteiger partial charge in [0, 0.05) is 55.1 Å². The van der Waals surface area contributed by atoms with Crippen LogP contribution in [-0.4, -0.2) is 54.1 Å². The molecule has 230 valence electrons. The topological polar surface area (TPSA) is 82.8 Å². The number of allylic oxidation sites excluding steroid dienone is 6. The predicted molar refractivity (Wildman–Crippen MR) is 170 cm³/mol. The molecule has 0 amide bonds. The monoisotopic (exact) mass is 594 g/mol. The summed E-state index contributed by atoms with van der Waals surface area (Å²) >= 11 is 0. The van der Waals surface area contributed by atoms with Gasteiger partial charge in [0.05, 0.1) is 11.5 Å². The highest BCUT2D eigenvalue weighted by atomic mass is 19.1. The molecule has 2 aromatic rings. The third-order valence-electron chi connectivity index (χ3n) is 6.27. The second kappa shape index (κ2) is 19.0. The Balaban J connectivity index is 0.000000291. The van der Waals surface area contributed by atoms with E-state index in [1.807, 2.05) is 38.7 Å². The lowest BCUT2D eigenvalue weighted by molar-refractivity contribution is -0.111. The summed E-state index contributed by atoms with van der Waals surface area (Å²) in [5, 5.41) is 3.06. The maximum absolute atomic E-state index is 13.6. The minimum absolute atomic E-state index is 0.0457. The summed E-state index contributed by atoms with van der Waals surface area (Å²) in [7, 11) is 0. The van der Waals surface area contributed by atoms with Crippen LogP contribution in [0.2, 0.25) is 0 Å². The lowest BCUT2D eigenvalue weighted by Crippen LogP contribution is -2.37. The second-order valence-electron chi connectivity index (χ2n) is 9.46. The number of halogens is 3. The van der Waals surface area contributed by atoms with E-state index in [1.54, 1.807) is 24.5 Å². The average molecular weight is 595 g/mol. The standard InChI is InChI=1S/C18H22FN3O.C13H13F2N3.C2H6/c1-3-4-7-17(19)9-14(2)16-10-20-18(21-11-16)22-8-5-6-15(12-22)13-23;1-9-16-6-2-3-13(18-8-17-9)11-5-4-10(14)7-12(11)15;1-2/h4,7,9-11,13,15H,2-3,5-6,8,12H2,1H3;2-5,7H,6,8H2,1H3,(H,16,17);1-2H3/b7-4-,17-9+;3-2-,18-13+;. The maximum Gasteiger partial charge on any atom is 0.225 e. The number of aromatic nitrogens is 2. The molecule has 4 rings (SSSR count). The van der Waals surface area contributed by atoms with Crippen LogP contribution in [0.4, 0.5) is 19.1 Å². The fourth-order valence-corrected chi connectivity index (χ4v) is 4.06. The molecule has 1 atom stereocenters. The highest BCUT2D eigenvalue weighted by Crippen LogP contribution is 2.21. The van der Waals surface area contributed by atoms with Gasteiger partial charge in [0.25, 0.3) is 0 Å². The van der Waals surface area contributed by atoms with Crippen molar-refractivity contribution < 1.29 is 18.0 Å². The van der Waals surface area contributed by atoms with Crippen molar-refractivity contribution in [3.63, 3.8) is 0 Å². The number of nitrogens with one attached hydrogen (secondary N) is 1. The minimum Gasteiger partial charge on any atom is -0.371 e. The van der Waals surface area contributed by atoms with Crippen LogP contribution in [0.25, 0.3) is 5.57 Å². The molecule has 1 N–H and O–H groups in total. The Morgan fingerprint density at radius 2 is 1.93 bits per heavy atom. The highest BCUT2D eigenvalue weighted by molar-refractivity contribution is 6.09. The highest BCUT2D eigenvalue weighted by Gasteiger charge is 2.21. The summed E-state index contributed by atoms with van der Waals surface area (Å²) in [5.41, 5.74) is 1.95. The molecule has 0 bridgehead atoms. The SMILES string of the molecule is C/C1=N/C/N=C(c2ccc(F)cc2F)\C=C/CN1.C=C(/C=C(F)\C=C/CC)c1cnc(N2CCCC(C=O)C2)nc1.CC. The largest absolute Gasteiger partial charge is 0.371 e. The van der Waals surface area contributed by atoms with E-state index in [4.69, 9.17) is 0 Å². The summed E-state index contributed by atoms with van der Waals surface area (Å²) in [6, 6.07) is 3.45. The van der Waals surface area contributed by atoms with E-state index in [0.717, 1.165) is 44.0 Å². The fraction of sp³-hybridized carbons (Fsp3) is 0.364. The molecule has 1 aromatic carbocycles. The van der Waals surface area contributed by atoms with Crippen LogP contribution in [-0.2, 0) is 4.79 Å². The minimum atomic E-state index is -0.619. The summed E-state index contributed by atoms with van der Waals surface area (Å²) in [6.45, 7) is 13.9. The first kappa shape index (κ1) is 34.9. The maximum atomic E-state index is 13.6. The van der Waals surface area contributed by atoms with Crippen LogP contribution < -0.4 is 10.2 Å². The molecule has 1 unspecified atom stereocenters. The Labute approximate surface area is 252 Å². The van der Waals surface area contributed by atoms with Crippen LogP contribution in [0.15, 0.2) is 83.4 Å². The van der Waals surface area contributed by atoms with E-state index in [2.05, 4.69) is 31.8 Å². The van der Waals surface area contributed by atoms with Crippen LogP contribution in [0.5, 0.6) is 0 Å². The zero-order valence-corrected chi connectivity index (χ0v) is 25.4. The zero-order chi connectivity index (χ0) is 31.6. The average Bonchev–Trinajstić information content (AvgIpc) is 3.13. The van der Waals surface area contributed by atoms with Gasteiger partial charge < -0.3 is 15.0 Å². The number of anilines is 1. The van der Waals surface area contributed by atoms with Gasteiger partial charge in [0.15, 0.2) is 0 Å². The molecule has 43 heavy (non-hydrogen) atoms. The molecule has 2 aliphatic heterocycles. The first-order valence-corrected chi connectivity index (χ1v) is 14.5. The van der Waals surface area contributed by atoms with Crippen molar-refractivity contribution in [3.8, 4) is 0 Å². The van der Waals surface area contributed by atoms with Gasteiger partial charge in [-0.1, -0.05) is 39.5 Å². The molecule has 0 saturated carbocycles. The van der Waals surface area contributed by atoms with Gasteiger partial charge in [-0.3, -0.25) is 4.99 Å². The van der Waals surface area contributed by atoms with E-state index >= 15 is 0 Å². The van der Waals surface area contributed by atoms with E-state index in [1.165, 1.54) is 24.3 Å². The predicted octanol–water partition coefficient (Wildman–Crippen LogP) is 7.04. The molecular weight excluding hydrogens is 553 g/mol. The van der Waals surface area contributed by atoms with Crippen molar-refractivity contribution in [3.05, 3.63) is 96.1 Å². The molecule has 7 nitrogen and oxygen atoms in total. The van der Waals surface area contributed by atoms with Gasteiger partial charge in [-0.2, -0.15) is 0 Å². The van der Waals surface area contributed by atoms with Crippen molar-refractivity contribution in [1.82, 2.24) is 15.3 Å². The molecule has 0 aliphatic carbocycles. The van der Waals surface area contributed by atoms with Gasteiger partial charge in [0.2, 0.25) is 5.95 Å². The number of aliphatic imine (C=N–C) groups is 2. The normalized spacial score (nSPS) is 20.2. The van der Waals surface area contributed by atoms with Crippen LogP contribution in [0, 0.1) is 17.6 Å². The summed E-state index contributed by atoms with van der Waals surface area (Å²) in [6.07, 6.45) is 15.0. The second-order valence-corrected chi connectivity index (χ2v) is 9.46. The summed E-state index contributed by atoms with van der Waals surface area (Å²) in [4.78, 5) is 29.9. The van der Waals surface area contributed by atoms with Crippen molar-refractivity contribution in [2.45, 2.75) is 47.0 Å². The molecule has 0 radical (unpaired) electrons. The van der Waals surface area contributed by atoms with Gasteiger partial charge >= 0.3 is 0 Å². The molecular formula is C33H41F3N6O. The van der Waals surface area contributed by atoms with Crippen molar-refractivity contribution in [2.75, 3.05) is 31.2 Å². The van der Waals surface area contributed by atoms with Crippen LogP contribution in [0.1, 0.15) is 58.1 Å². The molecule has 3 heterocycles. The zero-order valence-electron chi connectivity index (χ0n) is 25.4. The van der Waals surface area contributed by atoms with Gasteiger partial charge in [-0.15, -0.1) is 0 Å². The third-order valence-corrected chi connectivity index (χ3v) is 6.27. The lowest BCUT2D eigenvalue weighted by atomic mass is 10.0. The van der Waals surface area contributed by atoms with E-state index < -0.39 is 11.6 Å². The Bertz CT molecular complexity index is 1350. The number of carbonyl (C=O) groups is 1. The Morgan fingerprint density at radius 1 is 1.19 bits per heavy atom. The Hall–Kier alpha value is -4.34. The smallest absolute Gasteiger partial charge is 0.225 e. The van der Waals surface area contributed by atoms with Gasteiger partial charge in [-0.25, -0.2) is 28.1 Å². The molecule has 1 saturated heterocycles. The van der Waals surface area contributed by atoms with Crippen molar-refractivity contribution in [1.29, 1.82) is 0 Å². The quantitative estimate of drug-likeness (QED) is 0.275. The summed E-state index contributed by atoms with van der Waals surface area (Å²) < 4.78 is 40.1. The van der Waals surface area contributed by atoms with Crippen molar-refractivity contribution >= 4 is 29.4 Å². The summed E-state index contributed by atoms with van der Waals surface area (Å²) in [5.74, 6) is -0.131.